The van der Waals surface area contributed by atoms with Crippen LogP contribution in [0.15, 0.2) is 4.79 Å². The van der Waals surface area contributed by atoms with Gasteiger partial charge in [-0.3, -0.25) is 9.59 Å². The number of likely N-dealkylation sites (tertiary alicyclic amines) is 1. The van der Waals surface area contributed by atoms with Gasteiger partial charge in [0.15, 0.2) is 0 Å². The average Bonchev–Trinajstić information content (AvgIpc) is 3.04. The number of hydrogen-bond acceptors (Lipinski definition) is 4. The molecule has 5 nitrogen and oxygen atoms in total. The summed E-state index contributed by atoms with van der Waals surface area (Å²) in [5.41, 5.74) is 1.44. The lowest BCUT2D eigenvalue weighted by Gasteiger charge is -2.39. The number of thiazole rings is 1. The number of carbonyl (C=O) groups is 1. The molecule has 1 amide bonds. The highest BCUT2D eigenvalue weighted by molar-refractivity contribution is 7.09. The molecule has 2 saturated heterocycles. The highest BCUT2D eigenvalue weighted by atomic mass is 32.1. The zero-order valence-electron chi connectivity index (χ0n) is 13.5. The molecule has 0 radical (unpaired) electrons. The first kappa shape index (κ1) is 15.7. The quantitative estimate of drug-likeness (QED) is 0.917. The Morgan fingerprint density at radius 2 is 2.00 bits per heavy atom. The number of aromatic nitrogens is 1. The van der Waals surface area contributed by atoms with Crippen molar-refractivity contribution in [2.45, 2.75) is 46.1 Å². The van der Waals surface area contributed by atoms with Gasteiger partial charge in [0.2, 0.25) is 5.91 Å². The lowest BCUT2D eigenvalue weighted by molar-refractivity contribution is -0.133. The Morgan fingerprint density at radius 1 is 1.27 bits per heavy atom. The summed E-state index contributed by atoms with van der Waals surface area (Å²) in [7, 11) is 0. The van der Waals surface area contributed by atoms with Gasteiger partial charge < -0.3 is 14.8 Å². The van der Waals surface area contributed by atoms with Gasteiger partial charge in [-0.1, -0.05) is 11.3 Å². The Labute approximate surface area is 135 Å². The van der Waals surface area contributed by atoms with Crippen molar-refractivity contribution in [3.63, 3.8) is 0 Å². The predicted octanol–water partition coefficient (Wildman–Crippen LogP) is 1.52. The van der Waals surface area contributed by atoms with Gasteiger partial charge >= 0.3 is 4.87 Å². The van der Waals surface area contributed by atoms with Crippen LogP contribution >= 0.6 is 11.3 Å². The maximum atomic E-state index is 12.4. The zero-order chi connectivity index (χ0) is 15.7. The van der Waals surface area contributed by atoms with E-state index in [0.29, 0.717) is 18.4 Å². The van der Waals surface area contributed by atoms with E-state index in [1.54, 1.807) is 4.57 Å². The van der Waals surface area contributed by atoms with Crippen LogP contribution in [0.1, 0.15) is 36.3 Å². The van der Waals surface area contributed by atoms with Gasteiger partial charge in [0.05, 0.1) is 0 Å². The van der Waals surface area contributed by atoms with E-state index in [-0.39, 0.29) is 10.8 Å². The molecule has 1 aromatic rings. The first-order valence-corrected chi connectivity index (χ1v) is 8.98. The van der Waals surface area contributed by atoms with Crippen molar-refractivity contribution in [1.29, 1.82) is 0 Å². The van der Waals surface area contributed by atoms with Gasteiger partial charge in [-0.25, -0.2) is 0 Å². The predicted molar refractivity (Wildman–Crippen MR) is 88.4 cm³/mol. The van der Waals surface area contributed by atoms with Crippen molar-refractivity contribution in [3.05, 3.63) is 20.2 Å². The maximum absolute atomic E-state index is 12.4. The van der Waals surface area contributed by atoms with Gasteiger partial charge in [-0.05, 0) is 45.1 Å². The molecule has 2 aliphatic rings. The highest BCUT2D eigenvalue weighted by Crippen LogP contribution is 2.36. The third kappa shape index (κ3) is 2.99. The van der Waals surface area contributed by atoms with Crippen molar-refractivity contribution in [2.24, 2.45) is 5.41 Å². The second-order valence-corrected chi connectivity index (χ2v) is 7.88. The van der Waals surface area contributed by atoms with Crippen LogP contribution in [0.5, 0.6) is 0 Å². The normalized spacial score (nSPS) is 20.7. The summed E-state index contributed by atoms with van der Waals surface area (Å²) >= 11 is 1.27. The summed E-state index contributed by atoms with van der Waals surface area (Å²) in [6, 6.07) is 0. The number of nitrogens with one attached hydrogen (secondary N) is 1. The minimum atomic E-state index is 0.0532. The maximum Gasteiger partial charge on any atom is 0.307 e. The molecule has 3 heterocycles. The van der Waals surface area contributed by atoms with Crippen molar-refractivity contribution in [1.82, 2.24) is 14.8 Å². The Hall–Kier alpha value is -1.14. The summed E-state index contributed by atoms with van der Waals surface area (Å²) in [4.78, 5) is 27.4. The Bertz CT molecular complexity index is 603. The first-order valence-electron chi connectivity index (χ1n) is 8.16. The van der Waals surface area contributed by atoms with Gasteiger partial charge in [0.1, 0.15) is 0 Å². The molecular formula is C16H25N3O2S. The number of rotatable bonds is 3. The summed E-state index contributed by atoms with van der Waals surface area (Å²) in [6.07, 6.45) is 3.91. The van der Waals surface area contributed by atoms with Gasteiger partial charge in [0.25, 0.3) is 0 Å². The van der Waals surface area contributed by atoms with Crippen molar-refractivity contribution in [3.8, 4) is 0 Å². The largest absolute Gasteiger partial charge is 0.343 e. The molecule has 1 spiro atoms. The molecule has 0 bridgehead atoms. The van der Waals surface area contributed by atoms with Crippen molar-refractivity contribution in [2.75, 3.05) is 26.2 Å². The molecule has 1 N–H and O–H groups in total. The summed E-state index contributed by atoms with van der Waals surface area (Å²) < 4.78 is 1.74. The third-order valence-electron chi connectivity index (χ3n) is 5.43. The van der Waals surface area contributed by atoms with Crippen molar-refractivity contribution < 1.29 is 4.79 Å². The van der Waals surface area contributed by atoms with Crippen LogP contribution in [0.3, 0.4) is 0 Å². The van der Waals surface area contributed by atoms with E-state index in [9.17, 15) is 9.59 Å². The molecule has 3 rings (SSSR count). The minimum Gasteiger partial charge on any atom is -0.343 e. The molecule has 0 atom stereocenters. The minimum absolute atomic E-state index is 0.0532. The van der Waals surface area contributed by atoms with Crippen LogP contribution in [0.2, 0.25) is 0 Å². The molecule has 22 heavy (non-hydrogen) atoms. The fraction of sp³-hybridized carbons (Fsp3) is 0.750. The Kier molecular flexibility index (Phi) is 4.41. The van der Waals surface area contributed by atoms with E-state index < -0.39 is 0 Å². The summed E-state index contributed by atoms with van der Waals surface area (Å²) in [5.74, 6) is 0.191. The average molecular weight is 323 g/mol. The van der Waals surface area contributed by atoms with Crippen molar-refractivity contribution >= 4 is 17.2 Å². The number of aryl methyl sites for hydroxylation is 1. The lowest BCUT2D eigenvalue weighted by atomic mass is 9.78. The van der Waals surface area contributed by atoms with Gasteiger partial charge in [0, 0.05) is 43.2 Å². The van der Waals surface area contributed by atoms with Crippen LogP contribution in [-0.4, -0.2) is 41.6 Å². The number of hydrogen-bond donors (Lipinski definition) is 1. The summed E-state index contributed by atoms with van der Waals surface area (Å²) in [6.45, 7) is 8.39. The van der Waals surface area contributed by atoms with E-state index >= 15 is 0 Å². The topological polar surface area (TPSA) is 54.3 Å². The third-order valence-corrected chi connectivity index (χ3v) is 6.43. The molecular weight excluding hydrogens is 298 g/mol. The van der Waals surface area contributed by atoms with Crippen LogP contribution in [0.4, 0.5) is 0 Å². The molecule has 6 heteroatoms. The number of amides is 1. The summed E-state index contributed by atoms with van der Waals surface area (Å²) in [5, 5.41) is 3.45. The van der Waals surface area contributed by atoms with Gasteiger partial charge in [-0.15, -0.1) is 0 Å². The van der Waals surface area contributed by atoms with Crippen LogP contribution in [0.25, 0.3) is 0 Å². The second kappa shape index (κ2) is 6.16. The molecule has 0 aliphatic carbocycles. The van der Waals surface area contributed by atoms with Crippen LogP contribution in [-0.2, 0) is 11.3 Å². The highest BCUT2D eigenvalue weighted by Gasteiger charge is 2.37. The monoisotopic (exact) mass is 323 g/mol. The molecule has 0 saturated carbocycles. The molecule has 122 valence electrons. The standard InChI is InChI=1S/C16H25N3O2S/c1-12-13(2)22-15(21)19(12)8-3-14(20)18-9-5-16(6-10-18)4-7-17-11-16/h17H,3-11H2,1-2H3. The molecule has 1 aromatic heterocycles. The zero-order valence-corrected chi connectivity index (χ0v) is 14.3. The fourth-order valence-corrected chi connectivity index (χ4v) is 4.52. The van der Waals surface area contributed by atoms with Gasteiger partial charge in [-0.2, -0.15) is 0 Å². The molecule has 0 unspecified atom stereocenters. The smallest absolute Gasteiger partial charge is 0.307 e. The number of carbonyl (C=O) groups excluding carboxylic acids is 1. The molecule has 2 fully saturated rings. The van der Waals surface area contributed by atoms with Crippen LogP contribution in [0, 0.1) is 19.3 Å². The number of nitrogens with zero attached hydrogens (tertiary/aromatic N) is 2. The van der Waals surface area contributed by atoms with E-state index in [4.69, 9.17) is 0 Å². The number of piperidine rings is 1. The SMILES string of the molecule is Cc1sc(=O)n(CCC(=O)N2CCC3(CCNC3)CC2)c1C. The van der Waals surface area contributed by atoms with Crippen LogP contribution < -0.4 is 10.2 Å². The Morgan fingerprint density at radius 3 is 2.55 bits per heavy atom. The van der Waals surface area contributed by atoms with E-state index in [1.807, 2.05) is 18.7 Å². The lowest BCUT2D eigenvalue weighted by Crippen LogP contribution is -2.44. The first-order chi connectivity index (χ1) is 10.5. The van der Waals surface area contributed by atoms with E-state index in [0.717, 1.165) is 49.6 Å². The second-order valence-electron chi connectivity index (χ2n) is 6.72. The fourth-order valence-electron chi connectivity index (χ4n) is 3.66. The Balaban J connectivity index is 1.54. The van der Waals surface area contributed by atoms with E-state index in [1.165, 1.54) is 17.8 Å². The van der Waals surface area contributed by atoms with E-state index in [2.05, 4.69) is 5.32 Å². The molecule has 2 aliphatic heterocycles. The molecule has 0 aromatic carbocycles.